The van der Waals surface area contributed by atoms with Gasteiger partial charge in [0.2, 0.25) is 0 Å². The van der Waals surface area contributed by atoms with Crippen LogP contribution in [0.5, 0.6) is 0 Å². The molecule has 0 aromatic heterocycles. The lowest BCUT2D eigenvalue weighted by Gasteiger charge is -2.29. The first-order valence-corrected chi connectivity index (χ1v) is 7.82. The molecule has 130 valence electrons. The number of hydrogen-bond donors (Lipinski definition) is 2. The van der Waals surface area contributed by atoms with Gasteiger partial charge in [-0.05, 0) is 30.3 Å². The fraction of sp³-hybridized carbons (Fsp3) is 0.222. The molecule has 25 heavy (non-hydrogen) atoms. The van der Waals surface area contributed by atoms with Gasteiger partial charge in [0, 0.05) is 18.8 Å². The van der Waals surface area contributed by atoms with Crippen LogP contribution in [0.4, 0.5) is 15.8 Å². The molecule has 1 aliphatic heterocycles. The van der Waals surface area contributed by atoms with E-state index in [-0.39, 0.29) is 16.8 Å². The summed E-state index contributed by atoms with van der Waals surface area (Å²) < 4.78 is 19.0. The summed E-state index contributed by atoms with van der Waals surface area (Å²) in [5.41, 5.74) is 0.673. The molecule has 1 aliphatic rings. The van der Waals surface area contributed by atoms with Crippen LogP contribution in [0.15, 0.2) is 42.5 Å². The monoisotopic (exact) mass is 344 g/mol. The average Bonchev–Trinajstić information content (AvgIpc) is 2.63. The number of halogens is 1. The molecule has 7 heteroatoms. The molecule has 0 saturated carbocycles. The molecule has 3 rings (SSSR count). The van der Waals surface area contributed by atoms with Crippen LogP contribution in [0.2, 0.25) is 0 Å². The Labute approximate surface area is 143 Å². The lowest BCUT2D eigenvalue weighted by Crippen LogP contribution is -2.36. The molecule has 1 fully saturated rings. The number of aromatic carboxylic acids is 1. The fourth-order valence-corrected chi connectivity index (χ4v) is 2.67. The van der Waals surface area contributed by atoms with Gasteiger partial charge in [-0.25, -0.2) is 9.18 Å². The fourth-order valence-electron chi connectivity index (χ4n) is 2.67. The minimum Gasteiger partial charge on any atom is -0.478 e. The molecule has 2 N–H and O–H groups in total. The minimum atomic E-state index is -1.17. The Morgan fingerprint density at radius 3 is 2.48 bits per heavy atom. The summed E-state index contributed by atoms with van der Waals surface area (Å²) in [7, 11) is 0. The Morgan fingerprint density at radius 2 is 1.80 bits per heavy atom. The van der Waals surface area contributed by atoms with E-state index in [2.05, 4.69) is 5.32 Å². The van der Waals surface area contributed by atoms with E-state index < -0.39 is 17.7 Å². The second-order valence-corrected chi connectivity index (χ2v) is 5.57. The van der Waals surface area contributed by atoms with Crippen molar-refractivity contribution < 1.29 is 23.8 Å². The Kier molecular flexibility index (Phi) is 4.95. The minimum absolute atomic E-state index is 0.0475. The lowest BCUT2D eigenvalue weighted by atomic mass is 10.1. The van der Waals surface area contributed by atoms with Crippen LogP contribution < -0.4 is 10.2 Å². The van der Waals surface area contributed by atoms with Crippen LogP contribution in [0.1, 0.15) is 20.7 Å². The number of carbonyl (C=O) groups excluding carboxylic acids is 1. The van der Waals surface area contributed by atoms with Crippen molar-refractivity contribution in [3.8, 4) is 0 Å². The number of rotatable bonds is 4. The second kappa shape index (κ2) is 7.31. The van der Waals surface area contributed by atoms with Crippen molar-refractivity contribution in [2.75, 3.05) is 36.5 Å². The number of amides is 1. The first-order chi connectivity index (χ1) is 12.1. The summed E-state index contributed by atoms with van der Waals surface area (Å²) >= 11 is 0. The zero-order chi connectivity index (χ0) is 17.8. The zero-order valence-corrected chi connectivity index (χ0v) is 13.4. The highest BCUT2D eigenvalue weighted by Gasteiger charge is 2.19. The molecule has 0 bridgehead atoms. The number of ether oxygens (including phenoxy) is 1. The van der Waals surface area contributed by atoms with Crippen LogP contribution in [-0.2, 0) is 4.74 Å². The van der Waals surface area contributed by atoms with Crippen molar-refractivity contribution >= 4 is 23.3 Å². The molecule has 2 aromatic rings. The number of nitrogens with zero attached hydrogens (tertiary/aromatic N) is 1. The van der Waals surface area contributed by atoms with Crippen LogP contribution in [0, 0.1) is 5.82 Å². The largest absolute Gasteiger partial charge is 0.478 e. The van der Waals surface area contributed by atoms with Gasteiger partial charge < -0.3 is 20.1 Å². The van der Waals surface area contributed by atoms with E-state index in [0.29, 0.717) is 26.3 Å². The third-order valence-electron chi connectivity index (χ3n) is 3.98. The van der Waals surface area contributed by atoms with Gasteiger partial charge in [-0.15, -0.1) is 0 Å². The molecule has 0 aliphatic carbocycles. The van der Waals surface area contributed by atoms with Gasteiger partial charge in [0.15, 0.2) is 0 Å². The third kappa shape index (κ3) is 3.77. The first-order valence-electron chi connectivity index (χ1n) is 7.82. The molecule has 0 spiro atoms. The van der Waals surface area contributed by atoms with Gasteiger partial charge in [0.25, 0.3) is 5.91 Å². The predicted molar refractivity (Wildman–Crippen MR) is 90.8 cm³/mol. The highest BCUT2D eigenvalue weighted by molar-refractivity contribution is 6.08. The quantitative estimate of drug-likeness (QED) is 0.891. The molecular formula is C18H17FN2O4. The van der Waals surface area contributed by atoms with Crippen molar-refractivity contribution in [1.29, 1.82) is 0 Å². The van der Waals surface area contributed by atoms with Crippen molar-refractivity contribution in [3.05, 3.63) is 59.4 Å². The number of carboxylic acid groups (broad SMARTS) is 1. The van der Waals surface area contributed by atoms with Gasteiger partial charge in [0.1, 0.15) is 5.82 Å². The molecule has 1 saturated heterocycles. The molecule has 1 amide bonds. The predicted octanol–water partition coefficient (Wildman–Crippen LogP) is 2.61. The van der Waals surface area contributed by atoms with E-state index >= 15 is 0 Å². The van der Waals surface area contributed by atoms with Crippen LogP contribution in [0.3, 0.4) is 0 Å². The first kappa shape index (κ1) is 16.9. The van der Waals surface area contributed by atoms with Gasteiger partial charge >= 0.3 is 5.97 Å². The van der Waals surface area contributed by atoms with Crippen LogP contribution in [-0.4, -0.2) is 43.3 Å². The van der Waals surface area contributed by atoms with Gasteiger partial charge in [-0.2, -0.15) is 0 Å². The highest BCUT2D eigenvalue weighted by atomic mass is 19.1. The molecular weight excluding hydrogens is 327 g/mol. The number of benzene rings is 2. The third-order valence-corrected chi connectivity index (χ3v) is 3.98. The average molecular weight is 344 g/mol. The van der Waals surface area contributed by atoms with Crippen molar-refractivity contribution in [3.63, 3.8) is 0 Å². The van der Waals surface area contributed by atoms with Gasteiger partial charge in [-0.1, -0.05) is 12.1 Å². The van der Waals surface area contributed by atoms with E-state index in [1.165, 1.54) is 36.4 Å². The SMILES string of the molecule is O=C(Nc1ccc(N2CCOCC2)cc1C(=O)O)c1ccccc1F. The maximum absolute atomic E-state index is 13.7. The van der Waals surface area contributed by atoms with Crippen molar-refractivity contribution in [1.82, 2.24) is 0 Å². The number of anilines is 2. The van der Waals surface area contributed by atoms with E-state index in [0.717, 1.165) is 5.69 Å². The van der Waals surface area contributed by atoms with E-state index in [4.69, 9.17) is 4.74 Å². The summed E-state index contributed by atoms with van der Waals surface area (Å²) in [5, 5.41) is 11.9. The number of nitrogens with one attached hydrogen (secondary N) is 1. The van der Waals surface area contributed by atoms with Crippen LogP contribution >= 0.6 is 0 Å². The highest BCUT2D eigenvalue weighted by Crippen LogP contribution is 2.25. The maximum atomic E-state index is 13.7. The number of morpholine rings is 1. The Hall–Kier alpha value is -2.93. The Balaban J connectivity index is 1.87. The number of hydrogen-bond acceptors (Lipinski definition) is 4. The maximum Gasteiger partial charge on any atom is 0.337 e. The summed E-state index contributed by atoms with van der Waals surface area (Å²) in [6.45, 7) is 2.49. The van der Waals surface area contributed by atoms with E-state index in [1.807, 2.05) is 4.90 Å². The topological polar surface area (TPSA) is 78.9 Å². The summed E-state index contributed by atoms with van der Waals surface area (Å²) in [4.78, 5) is 25.8. The van der Waals surface area contributed by atoms with Crippen molar-refractivity contribution in [2.24, 2.45) is 0 Å². The van der Waals surface area contributed by atoms with Crippen molar-refractivity contribution in [2.45, 2.75) is 0 Å². The Morgan fingerprint density at radius 1 is 1.08 bits per heavy atom. The normalized spacial score (nSPS) is 14.2. The van der Waals surface area contributed by atoms with Gasteiger partial charge in [0.05, 0.1) is 30.0 Å². The van der Waals surface area contributed by atoms with E-state index in [9.17, 15) is 19.1 Å². The molecule has 6 nitrogen and oxygen atoms in total. The van der Waals surface area contributed by atoms with Crippen LogP contribution in [0.25, 0.3) is 0 Å². The summed E-state index contributed by atoms with van der Waals surface area (Å²) in [5.74, 6) is -2.53. The molecule has 0 radical (unpaired) electrons. The molecule has 2 aromatic carbocycles. The van der Waals surface area contributed by atoms with E-state index in [1.54, 1.807) is 6.07 Å². The number of carbonyl (C=O) groups is 2. The standard InChI is InChI=1S/C18H17FN2O4/c19-15-4-2-1-3-13(15)17(22)20-16-6-5-12(11-14(16)18(23)24)21-7-9-25-10-8-21/h1-6,11H,7-10H2,(H,20,22)(H,23,24). The molecule has 1 heterocycles. The summed E-state index contributed by atoms with van der Waals surface area (Å²) in [6.07, 6.45) is 0. The lowest BCUT2D eigenvalue weighted by molar-refractivity contribution is 0.0698. The smallest absolute Gasteiger partial charge is 0.337 e. The molecule has 0 unspecified atom stereocenters. The zero-order valence-electron chi connectivity index (χ0n) is 13.4. The Bertz CT molecular complexity index is 803. The second-order valence-electron chi connectivity index (χ2n) is 5.57. The summed E-state index contributed by atoms with van der Waals surface area (Å²) in [6, 6.07) is 10.3. The molecule has 0 atom stereocenters. The van der Waals surface area contributed by atoms with Gasteiger partial charge in [-0.3, -0.25) is 4.79 Å². The number of carboxylic acids is 1.